The van der Waals surface area contributed by atoms with Crippen LogP contribution in [0.5, 0.6) is 0 Å². The van der Waals surface area contributed by atoms with Crippen molar-refractivity contribution in [3.63, 3.8) is 0 Å². The molecule has 1 heterocycles. The number of carboxylic acid groups (broad SMARTS) is 1. The van der Waals surface area contributed by atoms with Crippen molar-refractivity contribution in [1.29, 1.82) is 5.41 Å². The molecule has 138 valence electrons. The van der Waals surface area contributed by atoms with Crippen LogP contribution in [0.4, 0.5) is 0 Å². The first-order valence-corrected chi connectivity index (χ1v) is 8.43. The van der Waals surface area contributed by atoms with E-state index in [2.05, 4.69) is 4.99 Å². The third kappa shape index (κ3) is 3.86. The van der Waals surface area contributed by atoms with Crippen molar-refractivity contribution in [1.82, 2.24) is 0 Å². The lowest BCUT2D eigenvalue weighted by Crippen LogP contribution is -2.09. The first kappa shape index (κ1) is 18.7. The highest BCUT2D eigenvalue weighted by atomic mass is 16.4. The molecule has 0 spiro atoms. The quantitative estimate of drug-likeness (QED) is 0.612. The fourth-order valence-corrected chi connectivity index (χ4v) is 2.77. The van der Waals surface area contributed by atoms with Gasteiger partial charge < -0.3 is 10.8 Å². The van der Waals surface area contributed by atoms with Crippen molar-refractivity contribution in [2.24, 2.45) is 10.7 Å². The number of hydrogen-bond donors (Lipinski definition) is 3. The Morgan fingerprint density at radius 1 is 0.786 bits per heavy atom. The number of nitrogens with one attached hydrogen (secondary N) is 1. The molecule has 1 aliphatic rings. The van der Waals surface area contributed by atoms with E-state index < -0.39 is 5.97 Å². The molecule has 0 saturated carbocycles. The number of ketones is 1. The minimum atomic E-state index is -1.09. The number of nitrogens with two attached hydrogens (primary N) is 1. The van der Waals surface area contributed by atoms with Gasteiger partial charge in [-0.15, -0.1) is 0 Å². The van der Waals surface area contributed by atoms with Gasteiger partial charge >= 0.3 is 5.97 Å². The SMILES string of the molecule is N=C1N=C(N)c2ccccc21.O=C(O)c1ccccc1C(=O)c1ccccc1. The summed E-state index contributed by atoms with van der Waals surface area (Å²) in [6, 6.07) is 22.3. The molecule has 6 heteroatoms. The Hall–Kier alpha value is -4.06. The lowest BCUT2D eigenvalue weighted by atomic mass is 9.98. The van der Waals surface area contributed by atoms with E-state index in [1.807, 2.05) is 24.3 Å². The largest absolute Gasteiger partial charge is 0.478 e. The zero-order valence-corrected chi connectivity index (χ0v) is 14.8. The van der Waals surface area contributed by atoms with Gasteiger partial charge in [-0.05, 0) is 6.07 Å². The molecule has 0 saturated heterocycles. The summed E-state index contributed by atoms with van der Waals surface area (Å²) in [6.45, 7) is 0. The first-order valence-electron chi connectivity index (χ1n) is 8.43. The maximum atomic E-state index is 12.1. The van der Waals surface area contributed by atoms with Crippen LogP contribution in [0.2, 0.25) is 0 Å². The van der Waals surface area contributed by atoms with Crippen LogP contribution in [0.3, 0.4) is 0 Å². The monoisotopic (exact) mass is 371 g/mol. The average Bonchev–Trinajstić information content (AvgIpc) is 3.02. The highest BCUT2D eigenvalue weighted by Gasteiger charge is 2.17. The fourth-order valence-electron chi connectivity index (χ4n) is 2.77. The van der Waals surface area contributed by atoms with E-state index >= 15 is 0 Å². The van der Waals surface area contributed by atoms with Gasteiger partial charge in [0.05, 0.1) is 5.56 Å². The summed E-state index contributed by atoms with van der Waals surface area (Å²) in [5, 5.41) is 16.4. The van der Waals surface area contributed by atoms with Gasteiger partial charge in [0, 0.05) is 22.3 Å². The highest BCUT2D eigenvalue weighted by molar-refractivity contribution is 6.20. The van der Waals surface area contributed by atoms with E-state index in [4.69, 9.17) is 16.2 Å². The molecule has 0 amide bonds. The number of amidine groups is 2. The second-order valence-electron chi connectivity index (χ2n) is 5.94. The molecule has 0 fully saturated rings. The second kappa shape index (κ2) is 8.09. The third-order valence-corrected chi connectivity index (χ3v) is 4.13. The molecule has 3 aromatic carbocycles. The summed E-state index contributed by atoms with van der Waals surface area (Å²) in [5.41, 5.74) is 7.97. The van der Waals surface area contributed by atoms with Gasteiger partial charge in [0.25, 0.3) is 0 Å². The van der Waals surface area contributed by atoms with Crippen molar-refractivity contribution >= 4 is 23.4 Å². The van der Waals surface area contributed by atoms with Gasteiger partial charge in [0.15, 0.2) is 11.6 Å². The van der Waals surface area contributed by atoms with Gasteiger partial charge in [-0.2, -0.15) is 0 Å². The number of benzene rings is 3. The topological polar surface area (TPSA) is 117 Å². The highest BCUT2D eigenvalue weighted by Crippen LogP contribution is 2.16. The van der Waals surface area contributed by atoms with Crippen molar-refractivity contribution in [3.05, 3.63) is 107 Å². The van der Waals surface area contributed by atoms with E-state index in [9.17, 15) is 9.59 Å². The number of aliphatic imine (C=N–C) groups is 1. The molecule has 0 radical (unpaired) electrons. The Bertz CT molecular complexity index is 1090. The van der Waals surface area contributed by atoms with Crippen LogP contribution in [-0.2, 0) is 0 Å². The number of carbonyl (C=O) groups is 2. The molecular formula is C22H17N3O3. The summed E-state index contributed by atoms with van der Waals surface area (Å²) in [5.74, 6) is -0.655. The van der Waals surface area contributed by atoms with Gasteiger partial charge in [0.2, 0.25) is 0 Å². The maximum absolute atomic E-state index is 12.1. The minimum Gasteiger partial charge on any atom is -0.478 e. The fraction of sp³-hybridized carbons (Fsp3) is 0. The predicted octanol–water partition coefficient (Wildman–Crippen LogP) is 3.35. The van der Waals surface area contributed by atoms with Crippen molar-refractivity contribution in [2.45, 2.75) is 0 Å². The van der Waals surface area contributed by atoms with Crippen molar-refractivity contribution < 1.29 is 14.7 Å². The third-order valence-electron chi connectivity index (χ3n) is 4.13. The molecule has 0 bridgehead atoms. The van der Waals surface area contributed by atoms with Gasteiger partial charge in [-0.25, -0.2) is 9.79 Å². The van der Waals surface area contributed by atoms with Gasteiger partial charge in [-0.3, -0.25) is 10.2 Å². The summed E-state index contributed by atoms with van der Waals surface area (Å²) in [7, 11) is 0. The average molecular weight is 371 g/mol. The number of aromatic carboxylic acids is 1. The number of rotatable bonds is 3. The van der Waals surface area contributed by atoms with Crippen LogP contribution in [-0.4, -0.2) is 28.5 Å². The number of fused-ring (bicyclic) bond motifs is 1. The predicted molar refractivity (Wildman–Crippen MR) is 107 cm³/mol. The molecule has 6 nitrogen and oxygen atoms in total. The first-order chi connectivity index (χ1) is 13.5. The normalized spacial score (nSPS) is 11.7. The Morgan fingerprint density at radius 3 is 1.93 bits per heavy atom. The van der Waals surface area contributed by atoms with Crippen LogP contribution in [0.1, 0.15) is 37.4 Å². The second-order valence-corrected chi connectivity index (χ2v) is 5.94. The minimum absolute atomic E-state index is 0.0290. The van der Waals surface area contributed by atoms with Crippen LogP contribution in [0.25, 0.3) is 0 Å². The van der Waals surface area contributed by atoms with E-state index in [0.29, 0.717) is 11.4 Å². The van der Waals surface area contributed by atoms with Crippen LogP contribution in [0.15, 0.2) is 83.9 Å². The van der Waals surface area contributed by atoms with Crippen LogP contribution in [0, 0.1) is 5.41 Å². The van der Waals surface area contributed by atoms with E-state index in [-0.39, 0.29) is 22.7 Å². The van der Waals surface area contributed by atoms with Gasteiger partial charge in [0.1, 0.15) is 5.84 Å². The Balaban J connectivity index is 0.000000176. The zero-order valence-electron chi connectivity index (χ0n) is 14.8. The maximum Gasteiger partial charge on any atom is 0.336 e. The summed E-state index contributed by atoms with van der Waals surface area (Å²) < 4.78 is 0. The standard InChI is InChI=1S/C14H10O3.C8H7N3/c15-13(10-6-2-1-3-7-10)11-8-4-5-9-12(11)14(16)17;9-7-5-3-1-2-4-6(5)8(10)11-7/h1-9H,(H,16,17);1-4H,(H3,9,10,11). The molecule has 28 heavy (non-hydrogen) atoms. The number of carboxylic acids is 1. The lowest BCUT2D eigenvalue weighted by Gasteiger charge is -2.04. The van der Waals surface area contributed by atoms with Gasteiger partial charge in [-0.1, -0.05) is 72.8 Å². The number of nitrogens with zero attached hydrogens (tertiary/aromatic N) is 1. The molecule has 0 aromatic heterocycles. The molecule has 0 atom stereocenters. The summed E-state index contributed by atoms with van der Waals surface area (Å²) in [4.78, 5) is 26.9. The molecule has 0 aliphatic carbocycles. The lowest BCUT2D eigenvalue weighted by molar-refractivity contribution is 0.0693. The van der Waals surface area contributed by atoms with Crippen molar-refractivity contribution in [3.8, 4) is 0 Å². The molecule has 4 rings (SSSR count). The molecule has 4 N–H and O–H groups in total. The van der Waals surface area contributed by atoms with E-state index in [1.165, 1.54) is 12.1 Å². The Kier molecular flexibility index (Phi) is 5.41. The zero-order chi connectivity index (χ0) is 20.1. The van der Waals surface area contributed by atoms with E-state index in [1.54, 1.807) is 42.5 Å². The molecule has 0 unspecified atom stereocenters. The number of carbonyl (C=O) groups excluding carboxylic acids is 1. The number of hydrogen-bond acceptors (Lipinski definition) is 4. The molecule has 3 aromatic rings. The summed E-state index contributed by atoms with van der Waals surface area (Å²) >= 11 is 0. The molecule has 1 aliphatic heterocycles. The smallest absolute Gasteiger partial charge is 0.336 e. The molecular weight excluding hydrogens is 354 g/mol. The Labute approximate surface area is 161 Å². The Morgan fingerprint density at radius 2 is 1.32 bits per heavy atom. The van der Waals surface area contributed by atoms with Crippen molar-refractivity contribution in [2.75, 3.05) is 0 Å². The van der Waals surface area contributed by atoms with Crippen LogP contribution < -0.4 is 5.73 Å². The summed E-state index contributed by atoms with van der Waals surface area (Å²) in [6.07, 6.45) is 0. The van der Waals surface area contributed by atoms with Crippen LogP contribution >= 0.6 is 0 Å². The van der Waals surface area contributed by atoms with E-state index in [0.717, 1.165) is 11.1 Å².